The molecule has 1 heterocycles. The third-order valence-electron chi connectivity index (χ3n) is 4.72. The van der Waals surface area contributed by atoms with Gasteiger partial charge in [-0.05, 0) is 42.0 Å². The molecule has 0 radical (unpaired) electrons. The first-order valence-corrected chi connectivity index (χ1v) is 10.8. The van der Waals surface area contributed by atoms with E-state index in [0.717, 1.165) is 27.4 Å². The van der Waals surface area contributed by atoms with Crippen LogP contribution in [0.25, 0.3) is 0 Å². The Morgan fingerprint density at radius 1 is 1.12 bits per heavy atom. The average molecular weight is 527 g/mol. The smallest absolute Gasteiger partial charge is 0.130 e. The van der Waals surface area contributed by atoms with Crippen LogP contribution in [-0.4, -0.2) is 54.2 Å². The van der Waals surface area contributed by atoms with E-state index in [2.05, 4.69) is 26.2 Å². The Bertz CT molecular complexity index is 939. The number of methoxy groups -OCH3 is 1. The highest BCUT2D eigenvalue weighted by Gasteiger charge is 2.20. The molecule has 3 rings (SSSR count). The van der Waals surface area contributed by atoms with Crippen LogP contribution in [0.2, 0.25) is 0 Å². The van der Waals surface area contributed by atoms with Gasteiger partial charge in [0.2, 0.25) is 0 Å². The minimum absolute atomic E-state index is 0. The van der Waals surface area contributed by atoms with Gasteiger partial charge in [-0.1, -0.05) is 28.1 Å². The maximum Gasteiger partial charge on any atom is 0.130 e. The predicted octanol–water partition coefficient (Wildman–Crippen LogP) is 3.75. The molecule has 1 aromatic heterocycles. The summed E-state index contributed by atoms with van der Waals surface area (Å²) in [5, 5.41) is 13.8. The largest absolute Gasteiger partial charge is 0.497 e. The first-order valence-electron chi connectivity index (χ1n) is 10.1. The zero-order chi connectivity index (χ0) is 22.1. The number of halogens is 2. The van der Waals surface area contributed by atoms with Crippen LogP contribution >= 0.6 is 28.3 Å². The summed E-state index contributed by atoms with van der Waals surface area (Å²) < 4.78 is 19.5. The number of aryl methyl sites for hydroxylation is 1. The van der Waals surface area contributed by atoms with Gasteiger partial charge in [0.05, 0.1) is 32.5 Å². The Kier molecular flexibility index (Phi) is 11.0. The fourth-order valence-electron chi connectivity index (χ4n) is 3.12. The van der Waals surface area contributed by atoms with Crippen LogP contribution in [0, 0.1) is 0 Å². The van der Waals surface area contributed by atoms with Crippen molar-refractivity contribution in [3.8, 4) is 11.5 Å². The van der Waals surface area contributed by atoms with Crippen molar-refractivity contribution in [1.29, 1.82) is 0 Å². The van der Waals surface area contributed by atoms with Gasteiger partial charge in [0, 0.05) is 30.5 Å². The summed E-state index contributed by atoms with van der Waals surface area (Å²) >= 11 is 3.39. The van der Waals surface area contributed by atoms with Crippen molar-refractivity contribution in [2.24, 2.45) is 7.05 Å². The Morgan fingerprint density at radius 3 is 2.59 bits per heavy atom. The maximum absolute atomic E-state index is 10.4. The van der Waals surface area contributed by atoms with Crippen LogP contribution in [0.5, 0.6) is 11.5 Å². The molecule has 9 heteroatoms. The van der Waals surface area contributed by atoms with Crippen LogP contribution in [0.15, 0.2) is 65.4 Å². The summed E-state index contributed by atoms with van der Waals surface area (Å²) in [5.41, 5.74) is 1.00. The maximum atomic E-state index is 10.4. The number of imidazole rings is 1. The van der Waals surface area contributed by atoms with Crippen LogP contribution in [0.1, 0.15) is 17.4 Å². The molecule has 32 heavy (non-hydrogen) atoms. The number of aliphatic hydroxyl groups is 1. The Morgan fingerprint density at radius 2 is 1.91 bits per heavy atom. The molecule has 2 aromatic carbocycles. The number of aliphatic hydroxyl groups excluding tert-OH is 1. The van der Waals surface area contributed by atoms with Crippen LogP contribution in [0.3, 0.4) is 0 Å². The fourth-order valence-corrected chi connectivity index (χ4v) is 3.38. The highest BCUT2D eigenvalue weighted by molar-refractivity contribution is 9.10. The van der Waals surface area contributed by atoms with Crippen LogP contribution in [-0.2, 0) is 11.8 Å². The molecule has 0 aliphatic rings. The van der Waals surface area contributed by atoms with Crippen LogP contribution < -0.4 is 14.8 Å². The quantitative estimate of drug-likeness (QED) is 0.350. The normalized spacial score (nSPS) is 12.6. The van der Waals surface area contributed by atoms with Gasteiger partial charge in [-0.25, -0.2) is 4.98 Å². The number of rotatable bonds is 12. The number of benzene rings is 2. The monoisotopic (exact) mass is 525 g/mol. The van der Waals surface area contributed by atoms with Gasteiger partial charge < -0.3 is 29.2 Å². The first-order chi connectivity index (χ1) is 15.1. The molecular formula is C23H29BrClN3O4. The van der Waals surface area contributed by atoms with Crippen LogP contribution in [0.4, 0.5) is 0 Å². The van der Waals surface area contributed by atoms with E-state index in [1.165, 1.54) is 0 Å². The third-order valence-corrected chi connectivity index (χ3v) is 5.25. The van der Waals surface area contributed by atoms with E-state index in [1.54, 1.807) is 13.3 Å². The van der Waals surface area contributed by atoms with Gasteiger partial charge in [-0.3, -0.25) is 0 Å². The van der Waals surface area contributed by atoms with Crippen molar-refractivity contribution in [3.63, 3.8) is 0 Å². The van der Waals surface area contributed by atoms with Crippen molar-refractivity contribution < 1.29 is 19.3 Å². The minimum Gasteiger partial charge on any atom is -0.497 e. The average Bonchev–Trinajstić information content (AvgIpc) is 3.20. The summed E-state index contributed by atoms with van der Waals surface area (Å²) in [6.45, 7) is 1.37. The molecule has 0 aliphatic heterocycles. The molecule has 0 saturated heterocycles. The van der Waals surface area contributed by atoms with E-state index < -0.39 is 6.10 Å². The van der Waals surface area contributed by atoms with E-state index >= 15 is 0 Å². The Hall–Kier alpha value is -2.10. The number of hydrogen-bond acceptors (Lipinski definition) is 6. The lowest BCUT2D eigenvalue weighted by molar-refractivity contribution is 0.0243. The molecule has 7 nitrogen and oxygen atoms in total. The zero-order valence-corrected chi connectivity index (χ0v) is 20.5. The lowest BCUT2D eigenvalue weighted by Gasteiger charge is -2.21. The van der Waals surface area contributed by atoms with Crippen molar-refractivity contribution in [2.75, 3.05) is 33.5 Å². The van der Waals surface area contributed by atoms with E-state index in [4.69, 9.17) is 14.2 Å². The molecule has 2 N–H and O–H groups in total. The summed E-state index contributed by atoms with van der Waals surface area (Å²) in [7, 11) is 3.59. The van der Waals surface area contributed by atoms with Gasteiger partial charge in [0.25, 0.3) is 0 Å². The second kappa shape index (κ2) is 13.4. The van der Waals surface area contributed by atoms with Crippen molar-refractivity contribution in [3.05, 3.63) is 76.8 Å². The third kappa shape index (κ3) is 7.79. The van der Waals surface area contributed by atoms with Crippen molar-refractivity contribution in [2.45, 2.75) is 12.1 Å². The fraction of sp³-hybridized carbons (Fsp3) is 0.348. The number of nitrogens with zero attached hydrogens (tertiary/aromatic N) is 2. The number of aromatic nitrogens is 2. The van der Waals surface area contributed by atoms with Gasteiger partial charge in [0.1, 0.15) is 23.9 Å². The second-order valence-electron chi connectivity index (χ2n) is 7.05. The molecule has 2 atom stereocenters. The first kappa shape index (κ1) is 26.2. The molecule has 0 saturated carbocycles. The summed E-state index contributed by atoms with van der Waals surface area (Å²) in [6.07, 6.45) is 2.99. The van der Waals surface area contributed by atoms with Gasteiger partial charge in [0.15, 0.2) is 0 Å². The Labute approximate surface area is 203 Å². The van der Waals surface area contributed by atoms with Gasteiger partial charge >= 0.3 is 0 Å². The van der Waals surface area contributed by atoms with Crippen molar-refractivity contribution >= 4 is 28.3 Å². The van der Waals surface area contributed by atoms with E-state index in [-0.39, 0.29) is 25.1 Å². The van der Waals surface area contributed by atoms with E-state index in [9.17, 15) is 5.11 Å². The molecule has 2 unspecified atom stereocenters. The minimum atomic E-state index is -0.666. The molecule has 0 spiro atoms. The topological polar surface area (TPSA) is 77.8 Å². The molecule has 3 aromatic rings. The second-order valence-corrected chi connectivity index (χ2v) is 7.96. The molecular weight excluding hydrogens is 498 g/mol. The molecule has 174 valence electrons. The number of hydrogen-bond donors (Lipinski definition) is 2. The van der Waals surface area contributed by atoms with Gasteiger partial charge in [-0.15, -0.1) is 12.4 Å². The summed E-state index contributed by atoms with van der Waals surface area (Å²) in [6, 6.07) is 15.3. The number of ether oxygens (including phenoxy) is 3. The lowest BCUT2D eigenvalue weighted by Crippen LogP contribution is -2.35. The van der Waals surface area contributed by atoms with Crippen molar-refractivity contribution in [1.82, 2.24) is 14.9 Å². The summed E-state index contributed by atoms with van der Waals surface area (Å²) in [5.74, 6) is 2.41. The van der Waals surface area contributed by atoms with Gasteiger partial charge in [-0.2, -0.15) is 0 Å². The van der Waals surface area contributed by atoms with E-state index in [1.807, 2.05) is 66.3 Å². The summed E-state index contributed by atoms with van der Waals surface area (Å²) in [4.78, 5) is 4.47. The Balaban J connectivity index is 0.00000363. The van der Waals surface area contributed by atoms with E-state index in [0.29, 0.717) is 19.8 Å². The SMILES string of the molecule is COc1cccc(C(NCC(O)COCCOc2ccc(Br)cc2)c2nccn2C)c1.Cl. The molecule has 0 amide bonds. The zero-order valence-electron chi connectivity index (χ0n) is 18.1. The predicted molar refractivity (Wildman–Crippen MR) is 130 cm³/mol. The lowest BCUT2D eigenvalue weighted by atomic mass is 10.1. The number of nitrogens with one attached hydrogen (secondary N) is 1. The molecule has 0 bridgehead atoms. The highest BCUT2D eigenvalue weighted by atomic mass is 79.9. The standard InChI is InChI=1S/C23H28BrN3O4.ClH/c1-27-11-10-25-23(27)22(17-4-3-5-21(14-17)29-2)26-15-19(28)16-30-12-13-31-20-8-6-18(24)7-9-20;/h3-11,14,19,22,26,28H,12-13,15-16H2,1-2H3;1H. The highest BCUT2D eigenvalue weighted by Crippen LogP contribution is 2.24. The molecule has 0 aliphatic carbocycles. The molecule has 0 fully saturated rings.